The van der Waals surface area contributed by atoms with E-state index < -0.39 is 113 Å². The number of benzene rings is 3. The van der Waals surface area contributed by atoms with Crippen LogP contribution in [-0.4, -0.2) is 209 Å². The van der Waals surface area contributed by atoms with Crippen molar-refractivity contribution in [3.8, 4) is 11.8 Å². The van der Waals surface area contributed by atoms with Crippen LogP contribution in [0, 0.1) is 35.0 Å². The number of halogens is 2. The van der Waals surface area contributed by atoms with Crippen molar-refractivity contribution >= 4 is 64.7 Å². The summed E-state index contributed by atoms with van der Waals surface area (Å²) in [5, 5.41) is 10.8. The summed E-state index contributed by atoms with van der Waals surface area (Å²) in [7, 11) is 0. The molecule has 1 spiro atoms. The summed E-state index contributed by atoms with van der Waals surface area (Å²) >= 11 is 0. The number of carbonyl (C=O) groups excluding carboxylic acids is 9. The molecule has 4 aliphatic carbocycles. The van der Waals surface area contributed by atoms with Crippen molar-refractivity contribution in [1.29, 1.82) is 0 Å². The van der Waals surface area contributed by atoms with Gasteiger partial charge in [-0.3, -0.25) is 33.6 Å². The van der Waals surface area contributed by atoms with E-state index in [0.29, 0.717) is 57.1 Å². The molecule has 11 atom stereocenters. The van der Waals surface area contributed by atoms with Crippen molar-refractivity contribution < 1.29 is 94.6 Å². The fourth-order valence-electron chi connectivity index (χ4n) is 15.4. The number of fused-ring (bicyclic) bond motifs is 6. The molecule has 0 bridgehead atoms. The van der Waals surface area contributed by atoms with E-state index in [4.69, 9.17) is 42.6 Å². The highest BCUT2D eigenvalue weighted by atomic mass is 19.1. The first-order valence-electron chi connectivity index (χ1n) is 34.9. The summed E-state index contributed by atoms with van der Waals surface area (Å²) < 4.78 is 86.4. The van der Waals surface area contributed by atoms with E-state index in [9.17, 15) is 43.2 Å². The molecule has 4 N–H and O–H groups in total. The number of nitrogens with one attached hydrogen (secondary N) is 4. The molecule has 0 radical (unpaired) electrons. The molecular weight excluding hydrogens is 1310 g/mol. The number of amides is 7. The zero-order valence-electron chi connectivity index (χ0n) is 57.4. The van der Waals surface area contributed by atoms with Crippen LogP contribution in [0.4, 0.5) is 29.7 Å². The number of nitrogens with zero attached hydrogens (tertiary/aromatic N) is 3. The van der Waals surface area contributed by atoms with Crippen molar-refractivity contribution in [2.75, 3.05) is 109 Å². The largest absolute Gasteiger partial charge is 0.445 e. The minimum atomic E-state index is -2.02. The van der Waals surface area contributed by atoms with E-state index in [-0.39, 0.29) is 134 Å². The maximum Gasteiger partial charge on any atom is 0.410 e. The van der Waals surface area contributed by atoms with Gasteiger partial charge in [0.2, 0.25) is 35.3 Å². The van der Waals surface area contributed by atoms with Gasteiger partial charge in [-0.25, -0.2) is 18.4 Å². The Balaban J connectivity index is 0.506. The van der Waals surface area contributed by atoms with E-state index in [0.717, 1.165) is 28.5 Å². The van der Waals surface area contributed by atoms with E-state index in [1.54, 1.807) is 43.0 Å². The maximum atomic E-state index is 17.7. The topological polar surface area (TPSA) is 295 Å². The molecule has 3 saturated heterocycles. The minimum absolute atomic E-state index is 0.00645. The van der Waals surface area contributed by atoms with Gasteiger partial charge in [-0.15, -0.1) is 0 Å². The van der Waals surface area contributed by atoms with Gasteiger partial charge in [0.1, 0.15) is 24.4 Å². The average Bonchev–Trinajstić information content (AvgIpc) is 1.63. The van der Waals surface area contributed by atoms with Crippen molar-refractivity contribution in [3.05, 3.63) is 119 Å². The number of alkyl halides is 2. The fourth-order valence-corrected chi connectivity index (χ4v) is 15.4. The third kappa shape index (κ3) is 15.9. The van der Waals surface area contributed by atoms with E-state index in [1.807, 2.05) is 62.4 Å². The third-order valence-electron chi connectivity index (χ3n) is 20.5. The standard InChI is InChI=1S/C74H89F2N7O18/c1-5-10-66-99-60-41-54-55-40-57(75)56-39-53(84)23-25-72(56)73(55,76)61(100-72)42-71(54,4)74(60,101-66)59(85)46-98-70(92)82-29-27-81(28-30-82)69(91)97-45-48-15-19-52(20-16-48)79-64(88)43-78-68(90)67(47(2)3)80-63(87)24-31-93-33-35-95-37-38-96-36-34-94-32-26-77-62(86)21-22-65(89)83-44-51-13-7-6-11-49(51)17-18-50-12-8-9-14-58(50)83/h6-9,11-16,19-20,23,25,39,47,54-55,57,60-61,66-67H,5,10,21-22,24,26-38,40-46H2,1-4H3,(H,77,86)(H,78,90)(H,79,88)(H,80,87)/t54?,55-,57-,60+,61-,66?,67?,71-,72+,73-,74+/m0/s1. The number of hydrogen-bond donors (Lipinski definition) is 4. The van der Waals surface area contributed by atoms with Gasteiger partial charge >= 0.3 is 12.2 Å². The number of para-hydroxylation sites is 1. The van der Waals surface area contributed by atoms with Crippen molar-refractivity contribution in [3.63, 3.8) is 0 Å². The predicted octanol–water partition coefficient (Wildman–Crippen LogP) is 6.12. The van der Waals surface area contributed by atoms with E-state index in [2.05, 4.69) is 33.1 Å². The first-order valence-corrected chi connectivity index (χ1v) is 34.9. The van der Waals surface area contributed by atoms with Crippen LogP contribution >= 0.6 is 0 Å². The molecule has 4 aliphatic heterocycles. The average molecular weight is 1400 g/mol. The number of ether oxygens (including phenoxy) is 9. The molecule has 542 valence electrons. The Morgan fingerprint density at radius 2 is 1.37 bits per heavy atom. The summed E-state index contributed by atoms with van der Waals surface area (Å²) in [5.41, 5.74) is -2.15. The van der Waals surface area contributed by atoms with Crippen LogP contribution in [-0.2, 0) is 89.3 Å². The van der Waals surface area contributed by atoms with Crippen LogP contribution in [0.3, 0.4) is 0 Å². The Labute approximate surface area is 585 Å². The Morgan fingerprint density at radius 3 is 2.07 bits per heavy atom. The predicted molar refractivity (Wildman–Crippen MR) is 360 cm³/mol. The third-order valence-corrected chi connectivity index (χ3v) is 20.5. The highest BCUT2D eigenvalue weighted by molar-refractivity contribution is 6.02. The van der Waals surface area contributed by atoms with Crippen LogP contribution in [0.15, 0.2) is 96.6 Å². The molecular formula is C74H89F2N7O18. The zero-order chi connectivity index (χ0) is 71.5. The number of allylic oxidation sites excluding steroid dienone is 2. The lowest BCUT2D eigenvalue weighted by Crippen LogP contribution is -2.82. The SMILES string of the molecule is CCCC1O[C@@H]2CC3[C@@H]4C[C@H](F)C5=CC(=O)C=C[C@@]56O[C@@H](C[C@]3(C)[C@]2(C(=O)COC(=O)N2CCN(C(=O)OCc3ccc(NC(=O)CNC(=O)C(NC(=O)CCOCCOCCOCCOCCNC(=O)CCC(=O)N5Cc7ccccc7C#Cc7ccccc75)C(C)C)cc3)CC2)O1)[C@@]46F. The molecule has 4 heterocycles. The summed E-state index contributed by atoms with van der Waals surface area (Å²) in [4.78, 5) is 123. The number of ketones is 2. The van der Waals surface area contributed by atoms with Gasteiger partial charge in [-0.05, 0) is 97.2 Å². The highest BCUT2D eigenvalue weighted by Crippen LogP contribution is 2.75. The molecule has 3 aromatic rings. The molecule has 6 fully saturated rings. The van der Waals surface area contributed by atoms with Gasteiger partial charge in [0.15, 0.2) is 29.9 Å². The Kier molecular flexibility index (Phi) is 23.8. The second-order valence-electron chi connectivity index (χ2n) is 27.1. The summed E-state index contributed by atoms with van der Waals surface area (Å²) in [6, 6.07) is 20.8. The van der Waals surface area contributed by atoms with Crippen molar-refractivity contribution in [1.82, 2.24) is 25.8 Å². The molecule has 8 aliphatic rings. The van der Waals surface area contributed by atoms with Crippen molar-refractivity contribution in [2.45, 2.75) is 140 Å². The molecule has 25 nitrogen and oxygen atoms in total. The monoisotopic (exact) mass is 1400 g/mol. The minimum Gasteiger partial charge on any atom is -0.445 e. The molecule has 27 heteroatoms. The quantitative estimate of drug-likeness (QED) is 0.0417. The fraction of sp³-hybridized carbons (Fsp3) is 0.554. The summed E-state index contributed by atoms with van der Waals surface area (Å²) in [6.07, 6.45) is -0.595. The van der Waals surface area contributed by atoms with E-state index >= 15 is 8.78 Å². The smallest absolute Gasteiger partial charge is 0.410 e. The molecule has 0 aromatic heterocycles. The van der Waals surface area contributed by atoms with Gasteiger partial charge in [0, 0.05) is 85.7 Å². The molecule has 3 aromatic carbocycles. The van der Waals surface area contributed by atoms with E-state index in [1.165, 1.54) is 22.0 Å². The summed E-state index contributed by atoms with van der Waals surface area (Å²) in [5.74, 6) is 1.76. The zero-order valence-corrected chi connectivity index (χ0v) is 57.4. The Bertz CT molecular complexity index is 3710. The highest BCUT2D eigenvalue weighted by Gasteiger charge is 2.85. The normalized spacial score (nSPS) is 26.6. The number of rotatable bonds is 31. The molecule has 3 saturated carbocycles. The number of piperazine rings is 1. The second kappa shape index (κ2) is 32.7. The van der Waals surface area contributed by atoms with Crippen molar-refractivity contribution in [2.24, 2.45) is 23.2 Å². The first kappa shape index (κ1) is 73.7. The van der Waals surface area contributed by atoms with Crippen LogP contribution in [0.1, 0.15) is 101 Å². The van der Waals surface area contributed by atoms with Gasteiger partial charge in [-0.1, -0.05) is 88.4 Å². The van der Waals surface area contributed by atoms with Gasteiger partial charge < -0.3 is 78.6 Å². The van der Waals surface area contributed by atoms with Crippen LogP contribution in [0.25, 0.3) is 0 Å². The van der Waals surface area contributed by atoms with Crippen LogP contribution in [0.2, 0.25) is 0 Å². The summed E-state index contributed by atoms with van der Waals surface area (Å²) in [6.45, 7) is 9.30. The molecule has 11 rings (SSSR count). The second-order valence-corrected chi connectivity index (χ2v) is 27.1. The Hall–Kier alpha value is -8.49. The number of hydrogen-bond acceptors (Lipinski definition) is 18. The lowest BCUT2D eigenvalue weighted by atomic mass is 9.44. The van der Waals surface area contributed by atoms with Crippen LogP contribution in [0.5, 0.6) is 0 Å². The maximum absolute atomic E-state index is 17.7. The lowest BCUT2D eigenvalue weighted by Gasteiger charge is -2.71. The number of anilines is 2. The van der Waals surface area contributed by atoms with Gasteiger partial charge in [0.25, 0.3) is 0 Å². The molecule has 101 heavy (non-hydrogen) atoms. The Morgan fingerprint density at radius 1 is 0.713 bits per heavy atom. The van der Waals surface area contributed by atoms with Gasteiger partial charge in [0.05, 0.1) is 83.8 Å². The van der Waals surface area contributed by atoms with Gasteiger partial charge in [-0.2, -0.15) is 0 Å². The van der Waals surface area contributed by atoms with Crippen LogP contribution < -0.4 is 26.2 Å². The lowest BCUT2D eigenvalue weighted by molar-refractivity contribution is -0.360. The first-order chi connectivity index (χ1) is 48.7. The molecule has 7 amide bonds. The number of carbonyl (C=O) groups is 9. The number of Topliss-reactive ketones (excluding diaryl/α,β-unsaturated/α-hetero) is 1. The molecule has 3 unspecified atom stereocenters.